The van der Waals surface area contributed by atoms with Crippen LogP contribution in [0.3, 0.4) is 0 Å². The molecule has 0 unspecified atom stereocenters. The van der Waals surface area contributed by atoms with Gasteiger partial charge in [-0.15, -0.1) is 0 Å². The molecule has 1 N–H and O–H groups in total. The molecule has 0 spiro atoms. The number of benzene rings is 1. The molecule has 1 aromatic heterocycles. The third-order valence-corrected chi connectivity index (χ3v) is 5.30. The highest BCUT2D eigenvalue weighted by atomic mass is 16.5. The van der Waals surface area contributed by atoms with Crippen molar-refractivity contribution in [3.63, 3.8) is 0 Å². The van der Waals surface area contributed by atoms with Crippen molar-refractivity contribution in [1.82, 2.24) is 15.0 Å². The topological polar surface area (TPSA) is 87.9 Å². The molecule has 1 aliphatic heterocycles. The van der Waals surface area contributed by atoms with Crippen molar-refractivity contribution in [3.8, 4) is 0 Å². The summed E-state index contributed by atoms with van der Waals surface area (Å²) in [5.41, 5.74) is 1.73. The zero-order valence-corrected chi connectivity index (χ0v) is 18.8. The van der Waals surface area contributed by atoms with E-state index in [0.717, 1.165) is 18.7 Å². The molecular formula is C23H32N4O4. The smallest absolute Gasteiger partial charge is 0.254 e. The first-order valence-corrected chi connectivity index (χ1v) is 10.7. The first kappa shape index (κ1) is 23.0. The second-order valence-corrected chi connectivity index (χ2v) is 8.88. The van der Waals surface area contributed by atoms with Gasteiger partial charge in [0, 0.05) is 37.8 Å². The van der Waals surface area contributed by atoms with Crippen LogP contribution in [0, 0.1) is 6.92 Å². The molecule has 3 rings (SSSR count). The fraction of sp³-hybridized carbons (Fsp3) is 0.522. The molecule has 2 aromatic rings. The third kappa shape index (κ3) is 6.63. The highest BCUT2D eigenvalue weighted by Gasteiger charge is 2.22. The molecule has 0 radical (unpaired) electrons. The summed E-state index contributed by atoms with van der Waals surface area (Å²) in [6, 6.07) is 9.27. The van der Waals surface area contributed by atoms with Crippen molar-refractivity contribution in [2.24, 2.45) is 0 Å². The van der Waals surface area contributed by atoms with Crippen molar-refractivity contribution in [2.45, 2.75) is 33.1 Å². The minimum Gasteiger partial charge on any atom is -0.379 e. The lowest BCUT2D eigenvalue weighted by atomic mass is 9.86. The van der Waals surface area contributed by atoms with Crippen LogP contribution in [0.15, 0.2) is 34.9 Å². The molecule has 1 saturated heterocycles. The number of amides is 2. The van der Waals surface area contributed by atoms with Gasteiger partial charge in [-0.2, -0.15) is 0 Å². The molecule has 0 bridgehead atoms. The van der Waals surface area contributed by atoms with E-state index in [4.69, 9.17) is 9.26 Å². The fourth-order valence-electron chi connectivity index (χ4n) is 3.42. The van der Waals surface area contributed by atoms with Crippen LogP contribution in [0.1, 0.15) is 42.5 Å². The molecule has 31 heavy (non-hydrogen) atoms. The van der Waals surface area contributed by atoms with E-state index in [-0.39, 0.29) is 23.8 Å². The fourth-order valence-corrected chi connectivity index (χ4v) is 3.42. The maximum absolute atomic E-state index is 13.2. The lowest BCUT2D eigenvalue weighted by Gasteiger charge is -2.30. The van der Waals surface area contributed by atoms with E-state index in [1.165, 1.54) is 0 Å². The van der Waals surface area contributed by atoms with Crippen molar-refractivity contribution in [2.75, 3.05) is 51.3 Å². The van der Waals surface area contributed by atoms with Crippen LogP contribution in [0.2, 0.25) is 0 Å². The lowest BCUT2D eigenvalue weighted by molar-refractivity contribution is -0.117. The molecule has 168 valence electrons. The van der Waals surface area contributed by atoms with Crippen LogP contribution >= 0.6 is 0 Å². The number of aromatic nitrogens is 1. The predicted molar refractivity (Wildman–Crippen MR) is 118 cm³/mol. The van der Waals surface area contributed by atoms with Gasteiger partial charge >= 0.3 is 0 Å². The Bertz CT molecular complexity index is 880. The highest BCUT2D eigenvalue weighted by Crippen LogP contribution is 2.22. The number of morpholine rings is 1. The van der Waals surface area contributed by atoms with E-state index >= 15 is 0 Å². The molecule has 8 nitrogen and oxygen atoms in total. The molecule has 2 heterocycles. The summed E-state index contributed by atoms with van der Waals surface area (Å²) in [5, 5.41) is 6.48. The zero-order chi connectivity index (χ0) is 22.4. The Morgan fingerprint density at radius 3 is 2.42 bits per heavy atom. The largest absolute Gasteiger partial charge is 0.379 e. The Balaban J connectivity index is 1.70. The van der Waals surface area contributed by atoms with Crippen LogP contribution in [0.5, 0.6) is 0 Å². The molecular weight excluding hydrogens is 396 g/mol. The lowest BCUT2D eigenvalue weighted by Crippen LogP contribution is -2.45. The molecule has 1 fully saturated rings. The van der Waals surface area contributed by atoms with Crippen molar-refractivity contribution >= 4 is 17.6 Å². The number of aryl methyl sites for hydroxylation is 1. The monoisotopic (exact) mass is 428 g/mol. The number of nitrogens with zero attached hydrogens (tertiary/aromatic N) is 3. The van der Waals surface area contributed by atoms with Crippen LogP contribution in [-0.4, -0.2) is 72.7 Å². The minimum absolute atomic E-state index is 0.00715. The van der Waals surface area contributed by atoms with E-state index in [1.807, 2.05) is 24.3 Å². The number of rotatable bonds is 7. The van der Waals surface area contributed by atoms with Gasteiger partial charge in [0.05, 0.1) is 13.2 Å². The van der Waals surface area contributed by atoms with Gasteiger partial charge < -0.3 is 19.5 Å². The van der Waals surface area contributed by atoms with Gasteiger partial charge in [-0.25, -0.2) is 0 Å². The Morgan fingerprint density at radius 2 is 1.84 bits per heavy atom. The summed E-state index contributed by atoms with van der Waals surface area (Å²) < 4.78 is 10.4. The molecule has 0 atom stereocenters. The normalized spacial score (nSPS) is 15.0. The van der Waals surface area contributed by atoms with Crippen LogP contribution in [0.4, 0.5) is 5.82 Å². The average molecular weight is 429 g/mol. The van der Waals surface area contributed by atoms with E-state index in [9.17, 15) is 9.59 Å². The number of carbonyl (C=O) groups excluding carboxylic acids is 2. The van der Waals surface area contributed by atoms with Gasteiger partial charge in [-0.05, 0) is 30.0 Å². The van der Waals surface area contributed by atoms with Crippen LogP contribution < -0.4 is 5.32 Å². The molecule has 1 aromatic carbocycles. The van der Waals surface area contributed by atoms with Crippen molar-refractivity contribution < 1.29 is 18.8 Å². The van der Waals surface area contributed by atoms with E-state index in [0.29, 0.717) is 43.4 Å². The number of hydrogen-bond acceptors (Lipinski definition) is 6. The molecule has 8 heteroatoms. The van der Waals surface area contributed by atoms with E-state index < -0.39 is 0 Å². The van der Waals surface area contributed by atoms with Crippen LogP contribution in [-0.2, 0) is 14.9 Å². The number of nitrogens with one attached hydrogen (secondary N) is 1. The number of carbonyl (C=O) groups is 2. The Morgan fingerprint density at radius 1 is 1.16 bits per heavy atom. The minimum atomic E-state index is -0.310. The Labute approximate surface area is 183 Å². The summed E-state index contributed by atoms with van der Waals surface area (Å²) in [7, 11) is 0. The first-order chi connectivity index (χ1) is 14.7. The van der Waals surface area contributed by atoms with Gasteiger partial charge in [0.2, 0.25) is 5.91 Å². The predicted octanol–water partition coefficient (Wildman–Crippen LogP) is 2.69. The molecule has 1 aliphatic rings. The Hall–Kier alpha value is -2.71. The summed E-state index contributed by atoms with van der Waals surface area (Å²) >= 11 is 0. The molecule has 0 aliphatic carbocycles. The second-order valence-electron chi connectivity index (χ2n) is 8.88. The highest BCUT2D eigenvalue weighted by molar-refractivity contribution is 5.99. The number of ether oxygens (including phenoxy) is 1. The average Bonchev–Trinajstić information content (AvgIpc) is 3.15. The standard InChI is InChI=1S/C23H32N4O4/c1-17-15-20(25-31-17)24-21(28)16-27(10-9-26-11-13-30-14-12-26)22(29)18-5-7-19(8-6-18)23(2,3)4/h5-8,15H,9-14,16H2,1-4H3,(H,24,25,28). The van der Waals surface area contributed by atoms with E-state index in [1.54, 1.807) is 17.9 Å². The zero-order valence-electron chi connectivity index (χ0n) is 18.8. The molecule has 2 amide bonds. The summed E-state index contributed by atoms with van der Waals surface area (Å²) in [4.78, 5) is 29.7. The number of anilines is 1. The molecule has 0 saturated carbocycles. The van der Waals surface area contributed by atoms with Gasteiger partial charge in [-0.1, -0.05) is 38.1 Å². The summed E-state index contributed by atoms with van der Waals surface area (Å²) in [6.45, 7) is 12.3. The van der Waals surface area contributed by atoms with Gasteiger partial charge in [0.25, 0.3) is 5.91 Å². The quantitative estimate of drug-likeness (QED) is 0.730. The van der Waals surface area contributed by atoms with E-state index in [2.05, 4.69) is 36.1 Å². The first-order valence-electron chi connectivity index (χ1n) is 10.7. The summed E-state index contributed by atoms with van der Waals surface area (Å²) in [6.07, 6.45) is 0. The van der Waals surface area contributed by atoms with Gasteiger partial charge in [0.1, 0.15) is 12.3 Å². The van der Waals surface area contributed by atoms with Gasteiger partial charge in [-0.3, -0.25) is 14.5 Å². The third-order valence-electron chi connectivity index (χ3n) is 5.30. The maximum Gasteiger partial charge on any atom is 0.254 e. The van der Waals surface area contributed by atoms with Crippen molar-refractivity contribution in [3.05, 3.63) is 47.2 Å². The maximum atomic E-state index is 13.2. The SMILES string of the molecule is Cc1cc(NC(=O)CN(CCN2CCOCC2)C(=O)c2ccc(C(C)(C)C)cc2)no1. The van der Waals surface area contributed by atoms with Crippen LogP contribution in [0.25, 0.3) is 0 Å². The number of hydrogen-bond donors (Lipinski definition) is 1. The summed E-state index contributed by atoms with van der Waals surface area (Å²) in [5.74, 6) is 0.474. The second kappa shape index (κ2) is 10.1. The van der Waals surface area contributed by atoms with Gasteiger partial charge in [0.15, 0.2) is 5.82 Å². The van der Waals surface area contributed by atoms with Crippen molar-refractivity contribution in [1.29, 1.82) is 0 Å². The Kier molecular flexibility index (Phi) is 7.46.